The summed E-state index contributed by atoms with van der Waals surface area (Å²) in [7, 11) is -0.137. The lowest BCUT2D eigenvalue weighted by atomic mass is 10.1. The normalized spacial score (nSPS) is 18.6. The number of aromatic nitrogens is 1. The third-order valence-electron chi connectivity index (χ3n) is 6.94. The number of β-amino-alcohol motifs (C(OH)–C–C–N with tert-alkyl or cyclic N) is 1. The number of benzene rings is 2. The third kappa shape index (κ3) is 3.71. The number of aliphatic hydroxyl groups excluding tert-OH is 1. The summed E-state index contributed by atoms with van der Waals surface area (Å²) >= 11 is 0. The van der Waals surface area contributed by atoms with Crippen LogP contribution in [0.5, 0.6) is 0 Å². The molecule has 9 nitrogen and oxygen atoms in total. The van der Waals surface area contributed by atoms with Crippen LogP contribution in [-0.4, -0.2) is 57.4 Å². The number of rotatable bonds is 3. The maximum absolute atomic E-state index is 12.8. The van der Waals surface area contributed by atoms with Crippen LogP contribution in [0.15, 0.2) is 46.1 Å². The van der Waals surface area contributed by atoms with E-state index in [1.165, 1.54) is 6.07 Å². The number of hydrogen-bond acceptors (Lipinski definition) is 7. The van der Waals surface area contributed by atoms with E-state index in [0.717, 1.165) is 46.7 Å². The zero-order valence-electron chi connectivity index (χ0n) is 19.5. The number of nitrogens with two attached hydrogens (primary N) is 1. The van der Waals surface area contributed by atoms with Crippen LogP contribution in [0.25, 0.3) is 10.9 Å². The van der Waals surface area contributed by atoms with Gasteiger partial charge in [0.15, 0.2) is 0 Å². The predicted molar refractivity (Wildman–Crippen MR) is 135 cm³/mol. The average molecular weight is 484 g/mol. The van der Waals surface area contributed by atoms with Crippen LogP contribution < -0.4 is 25.4 Å². The molecule has 2 aromatic carbocycles. The predicted octanol–water partition coefficient (Wildman–Crippen LogP) is 1.65. The molecule has 2 aliphatic heterocycles. The first-order valence-electron chi connectivity index (χ1n) is 11.3. The SMILES string of the molecule is Cc1cc2c(N3CCN(C)c4ccc(S(N)(=O)=O)cc43)cc(N3CC[C@@H](O)C3)cc2n(C)c1=O. The molecule has 3 N–H and O–H groups in total. The Bertz CT molecular complexity index is 1470. The number of pyridine rings is 1. The van der Waals surface area contributed by atoms with Crippen molar-refractivity contribution in [1.29, 1.82) is 0 Å². The molecule has 1 fully saturated rings. The van der Waals surface area contributed by atoms with E-state index in [-0.39, 0.29) is 16.6 Å². The molecule has 180 valence electrons. The second kappa shape index (κ2) is 8.00. The second-order valence-electron chi connectivity index (χ2n) is 9.25. The molecule has 1 saturated heterocycles. The van der Waals surface area contributed by atoms with Gasteiger partial charge in [-0.25, -0.2) is 13.6 Å². The lowest BCUT2D eigenvalue weighted by Gasteiger charge is -2.38. The van der Waals surface area contributed by atoms with Crippen LogP contribution in [0.2, 0.25) is 0 Å². The molecule has 3 heterocycles. The van der Waals surface area contributed by atoms with Gasteiger partial charge in [0, 0.05) is 56.9 Å². The smallest absolute Gasteiger partial charge is 0.253 e. The largest absolute Gasteiger partial charge is 0.391 e. The Kier molecular flexibility index (Phi) is 5.34. The molecule has 0 spiro atoms. The maximum atomic E-state index is 12.8. The van der Waals surface area contributed by atoms with Crippen molar-refractivity contribution in [2.45, 2.75) is 24.3 Å². The van der Waals surface area contributed by atoms with Gasteiger partial charge in [-0.2, -0.15) is 0 Å². The quantitative estimate of drug-likeness (QED) is 0.583. The van der Waals surface area contributed by atoms with Gasteiger partial charge < -0.3 is 24.4 Å². The molecule has 1 aromatic heterocycles. The van der Waals surface area contributed by atoms with Gasteiger partial charge in [0.05, 0.1) is 33.6 Å². The monoisotopic (exact) mass is 483 g/mol. The van der Waals surface area contributed by atoms with Gasteiger partial charge >= 0.3 is 0 Å². The second-order valence-corrected chi connectivity index (χ2v) is 10.8. The Balaban J connectivity index is 1.78. The highest BCUT2D eigenvalue weighted by Crippen LogP contribution is 2.43. The minimum Gasteiger partial charge on any atom is -0.391 e. The molecule has 0 aliphatic carbocycles. The molecule has 0 unspecified atom stereocenters. The van der Waals surface area contributed by atoms with E-state index >= 15 is 0 Å². The van der Waals surface area contributed by atoms with Gasteiger partial charge in [0.25, 0.3) is 5.56 Å². The Morgan fingerprint density at radius 3 is 2.44 bits per heavy atom. The summed E-state index contributed by atoms with van der Waals surface area (Å²) in [5.74, 6) is 0. The van der Waals surface area contributed by atoms with Crippen LogP contribution in [-0.2, 0) is 17.1 Å². The number of nitrogens with zero attached hydrogens (tertiary/aromatic N) is 4. The topological polar surface area (TPSA) is 112 Å². The molecule has 3 aromatic rings. The van der Waals surface area contributed by atoms with E-state index < -0.39 is 10.0 Å². The number of hydrogen-bond donors (Lipinski definition) is 2. The van der Waals surface area contributed by atoms with Crippen LogP contribution in [0, 0.1) is 6.92 Å². The molecule has 0 radical (unpaired) electrons. The van der Waals surface area contributed by atoms with E-state index in [1.54, 1.807) is 30.7 Å². The zero-order chi connectivity index (χ0) is 24.4. The number of primary sulfonamides is 1. The number of aliphatic hydroxyl groups is 1. The van der Waals surface area contributed by atoms with Gasteiger partial charge in [-0.3, -0.25) is 4.79 Å². The van der Waals surface area contributed by atoms with Crippen molar-refractivity contribution in [2.24, 2.45) is 12.2 Å². The van der Waals surface area contributed by atoms with Crippen molar-refractivity contribution >= 4 is 43.7 Å². The Labute approximate surface area is 198 Å². The number of sulfonamides is 1. The number of anilines is 4. The van der Waals surface area contributed by atoms with Crippen molar-refractivity contribution in [3.05, 3.63) is 52.3 Å². The van der Waals surface area contributed by atoms with Crippen molar-refractivity contribution in [3.63, 3.8) is 0 Å². The number of likely N-dealkylation sites (N-methyl/N-ethyl adjacent to an activating group) is 1. The summed E-state index contributed by atoms with van der Waals surface area (Å²) in [5.41, 5.74) is 4.80. The van der Waals surface area contributed by atoms with Gasteiger partial charge in [0.1, 0.15) is 0 Å². The van der Waals surface area contributed by atoms with Gasteiger partial charge in [-0.15, -0.1) is 0 Å². The van der Waals surface area contributed by atoms with Crippen molar-refractivity contribution in [1.82, 2.24) is 4.57 Å². The molecular formula is C24H29N5O4S. The Hall–Kier alpha value is -3.08. The zero-order valence-corrected chi connectivity index (χ0v) is 20.3. The summed E-state index contributed by atoms with van der Waals surface area (Å²) in [4.78, 5) is 19.1. The summed E-state index contributed by atoms with van der Waals surface area (Å²) < 4.78 is 25.9. The van der Waals surface area contributed by atoms with E-state index in [9.17, 15) is 18.3 Å². The molecule has 0 saturated carbocycles. The summed E-state index contributed by atoms with van der Waals surface area (Å²) in [6, 6.07) is 10.9. The van der Waals surface area contributed by atoms with Gasteiger partial charge in [-0.1, -0.05) is 0 Å². The lowest BCUT2D eigenvalue weighted by molar-refractivity contribution is 0.198. The van der Waals surface area contributed by atoms with Crippen molar-refractivity contribution in [3.8, 4) is 0 Å². The summed E-state index contributed by atoms with van der Waals surface area (Å²) in [5, 5.41) is 16.5. The molecule has 34 heavy (non-hydrogen) atoms. The molecule has 2 aliphatic rings. The fourth-order valence-corrected chi connectivity index (χ4v) is 5.56. The van der Waals surface area contributed by atoms with E-state index in [4.69, 9.17) is 5.14 Å². The molecule has 10 heteroatoms. The highest BCUT2D eigenvalue weighted by molar-refractivity contribution is 7.89. The van der Waals surface area contributed by atoms with Crippen molar-refractivity contribution in [2.75, 3.05) is 47.9 Å². The van der Waals surface area contributed by atoms with E-state index in [0.29, 0.717) is 25.1 Å². The van der Waals surface area contributed by atoms with Crippen LogP contribution in [0.1, 0.15) is 12.0 Å². The molecule has 0 bridgehead atoms. The van der Waals surface area contributed by atoms with Crippen LogP contribution in [0.3, 0.4) is 0 Å². The minimum atomic E-state index is -3.87. The van der Waals surface area contributed by atoms with Crippen molar-refractivity contribution < 1.29 is 13.5 Å². The average Bonchev–Trinajstić information content (AvgIpc) is 3.23. The Morgan fingerprint density at radius 1 is 1.00 bits per heavy atom. The maximum Gasteiger partial charge on any atom is 0.253 e. The first kappa shape index (κ1) is 22.7. The third-order valence-corrected chi connectivity index (χ3v) is 7.85. The Morgan fingerprint density at radius 2 is 1.76 bits per heavy atom. The first-order valence-corrected chi connectivity index (χ1v) is 12.8. The fraction of sp³-hybridized carbons (Fsp3) is 0.375. The van der Waals surface area contributed by atoms with Gasteiger partial charge in [-0.05, 0) is 49.7 Å². The summed E-state index contributed by atoms with van der Waals surface area (Å²) in [6.07, 6.45) is 0.303. The molecule has 1 atom stereocenters. The standard InChI is InChI=1S/C24H29N5O4S/c1-15-10-19-21(27(3)24(15)31)11-16(28-7-6-17(30)14-28)12-22(19)29-9-8-26(2)20-5-4-18(13-23(20)29)34(25,32)33/h4-5,10-13,17,30H,6-9,14H2,1-3H3,(H2,25,32,33)/t17-/m1/s1. The minimum absolute atomic E-state index is 0.0539. The highest BCUT2D eigenvalue weighted by atomic mass is 32.2. The van der Waals surface area contributed by atoms with E-state index in [1.807, 2.05) is 19.2 Å². The van der Waals surface area contributed by atoms with Crippen LogP contribution in [0.4, 0.5) is 22.7 Å². The fourth-order valence-electron chi connectivity index (χ4n) is 5.03. The first-order chi connectivity index (χ1) is 16.0. The highest BCUT2D eigenvalue weighted by Gasteiger charge is 2.28. The number of aryl methyl sites for hydroxylation is 2. The summed E-state index contributed by atoms with van der Waals surface area (Å²) in [6.45, 7) is 4.41. The molecule has 5 rings (SSSR count). The molecular weight excluding hydrogens is 454 g/mol. The number of fused-ring (bicyclic) bond motifs is 2. The lowest BCUT2D eigenvalue weighted by Crippen LogP contribution is -2.37. The van der Waals surface area contributed by atoms with Crippen LogP contribution >= 0.6 is 0 Å². The van der Waals surface area contributed by atoms with E-state index in [2.05, 4.69) is 20.8 Å². The molecule has 0 amide bonds. The van der Waals surface area contributed by atoms with Gasteiger partial charge in [0.2, 0.25) is 10.0 Å².